The molecule has 0 amide bonds. The van der Waals surface area contributed by atoms with Crippen molar-refractivity contribution < 1.29 is 49.4 Å². The Kier molecular flexibility index (Phi) is 8.29. The first-order valence-corrected chi connectivity index (χ1v) is 11.4. The monoisotopic (exact) mass is 453 g/mol. The van der Waals surface area contributed by atoms with Gasteiger partial charge in [-0.25, -0.2) is 4.98 Å². The van der Waals surface area contributed by atoms with Crippen LogP contribution in [0.4, 0.5) is 0 Å². The third-order valence-corrected chi connectivity index (χ3v) is 6.39. The topological polar surface area (TPSA) is 86.3 Å². The smallest absolute Gasteiger partial charge is 1.00 e. The Morgan fingerprint density at radius 1 is 1.26 bits per heavy atom. The van der Waals surface area contributed by atoms with Crippen LogP contribution in [0.1, 0.15) is 33.0 Å². The molecule has 1 N–H and O–H groups in total. The molecular formula is C22H28N3NaO4S. The Bertz CT molecular complexity index is 1020. The largest absolute Gasteiger partial charge is 1.00 e. The predicted molar refractivity (Wildman–Crippen MR) is 116 cm³/mol. The minimum absolute atomic E-state index is 0. The van der Waals surface area contributed by atoms with Gasteiger partial charge in [0.25, 0.3) is 0 Å². The fraction of sp³-hybridized carbons (Fsp3) is 0.455. The van der Waals surface area contributed by atoms with Crippen LogP contribution in [0.15, 0.2) is 41.7 Å². The van der Waals surface area contributed by atoms with Crippen LogP contribution in [0.3, 0.4) is 0 Å². The van der Waals surface area contributed by atoms with Crippen LogP contribution < -0.4 is 34.3 Å². The molecule has 2 aromatic heterocycles. The number of imidazole rings is 1. The summed E-state index contributed by atoms with van der Waals surface area (Å²) in [6.07, 6.45) is 2.54. The molecule has 1 atom stereocenters. The zero-order chi connectivity index (χ0) is 21.1. The Balaban J connectivity index is 0.00000181. The molecule has 3 aromatic rings. The first kappa shape index (κ1) is 24.4. The van der Waals surface area contributed by atoms with E-state index in [4.69, 9.17) is 14.2 Å². The van der Waals surface area contributed by atoms with Crippen molar-refractivity contribution in [2.75, 3.05) is 19.8 Å². The van der Waals surface area contributed by atoms with Crippen molar-refractivity contribution in [3.05, 3.63) is 47.8 Å². The Morgan fingerprint density at radius 2 is 2.00 bits per heavy atom. The van der Waals surface area contributed by atoms with Crippen molar-refractivity contribution in [3.8, 4) is 5.75 Å². The standard InChI is InChI=1S/C22H27N3O4S.Na.H/c1-15-19(14-30(26)21-24-17-6-4-5-7-18(17)25-21)23-10-8-20(15)27-11-9-16-12-28-22(2,3)29-13-16;;/h4-8,10,16H,9,11-14H2,1-3H3,(H,24,25);;/q;+1;-1. The number of ether oxygens (including phenoxy) is 3. The van der Waals surface area contributed by atoms with E-state index in [9.17, 15) is 4.21 Å². The number of hydrogen-bond acceptors (Lipinski definition) is 6. The number of rotatable bonds is 7. The van der Waals surface area contributed by atoms with E-state index in [1.165, 1.54) is 0 Å². The first-order chi connectivity index (χ1) is 14.4. The SMILES string of the molecule is Cc1c(OCCC2COC(C)(C)OC2)ccnc1CS(=O)c1nc2ccccc2[nH]1.[H-].[Na+]. The van der Waals surface area contributed by atoms with Crippen molar-refractivity contribution in [2.45, 2.75) is 43.9 Å². The summed E-state index contributed by atoms with van der Waals surface area (Å²) in [6.45, 7) is 7.71. The van der Waals surface area contributed by atoms with E-state index in [1.807, 2.05) is 51.1 Å². The van der Waals surface area contributed by atoms with Gasteiger partial charge in [-0.1, -0.05) is 12.1 Å². The molecule has 1 aromatic carbocycles. The van der Waals surface area contributed by atoms with Crippen LogP contribution in [0.25, 0.3) is 11.0 Å². The molecule has 1 aliphatic heterocycles. The molecule has 7 nitrogen and oxygen atoms in total. The van der Waals surface area contributed by atoms with Gasteiger partial charge in [-0.3, -0.25) is 9.19 Å². The average Bonchev–Trinajstić information content (AvgIpc) is 3.16. The number of para-hydroxylation sites is 2. The molecule has 1 fully saturated rings. The zero-order valence-corrected chi connectivity index (χ0v) is 21.3. The summed E-state index contributed by atoms with van der Waals surface area (Å²) in [6, 6.07) is 9.50. The van der Waals surface area contributed by atoms with E-state index in [1.54, 1.807) is 6.20 Å². The van der Waals surface area contributed by atoms with Crippen LogP contribution in [0, 0.1) is 12.8 Å². The van der Waals surface area contributed by atoms with Gasteiger partial charge >= 0.3 is 29.6 Å². The zero-order valence-electron chi connectivity index (χ0n) is 19.5. The molecule has 0 radical (unpaired) electrons. The van der Waals surface area contributed by atoms with Crippen LogP contribution in [-0.4, -0.2) is 44.8 Å². The molecule has 1 unspecified atom stereocenters. The van der Waals surface area contributed by atoms with Crippen molar-refractivity contribution in [1.29, 1.82) is 0 Å². The number of fused-ring (bicyclic) bond motifs is 1. The van der Waals surface area contributed by atoms with E-state index in [2.05, 4.69) is 15.0 Å². The van der Waals surface area contributed by atoms with E-state index < -0.39 is 16.6 Å². The van der Waals surface area contributed by atoms with Gasteiger partial charge in [0.15, 0.2) is 10.9 Å². The van der Waals surface area contributed by atoms with Gasteiger partial charge in [0, 0.05) is 17.7 Å². The van der Waals surface area contributed by atoms with Gasteiger partial charge in [-0.15, -0.1) is 0 Å². The molecule has 9 heteroatoms. The summed E-state index contributed by atoms with van der Waals surface area (Å²) < 4.78 is 30.2. The average molecular weight is 454 g/mol. The summed E-state index contributed by atoms with van der Waals surface area (Å²) in [7, 11) is -1.32. The van der Waals surface area contributed by atoms with Crippen molar-refractivity contribution in [3.63, 3.8) is 0 Å². The summed E-state index contributed by atoms with van der Waals surface area (Å²) in [4.78, 5) is 12.0. The van der Waals surface area contributed by atoms with Crippen LogP contribution in [-0.2, 0) is 26.0 Å². The Labute approximate surface area is 208 Å². The molecule has 0 aliphatic carbocycles. The van der Waals surface area contributed by atoms with Gasteiger partial charge in [0.2, 0.25) is 0 Å². The quantitative estimate of drug-likeness (QED) is 0.534. The van der Waals surface area contributed by atoms with Gasteiger partial charge in [-0.2, -0.15) is 0 Å². The molecule has 1 aliphatic rings. The van der Waals surface area contributed by atoms with E-state index in [-0.39, 0.29) is 36.7 Å². The molecule has 1 saturated heterocycles. The number of nitrogens with one attached hydrogen (secondary N) is 1. The third-order valence-electron chi connectivity index (χ3n) is 5.23. The molecule has 0 saturated carbocycles. The van der Waals surface area contributed by atoms with Crippen LogP contribution in [0.2, 0.25) is 0 Å². The Morgan fingerprint density at radius 3 is 2.74 bits per heavy atom. The number of aromatic amines is 1. The normalized spacial score (nSPS) is 17.3. The van der Waals surface area contributed by atoms with Gasteiger partial charge in [-0.05, 0) is 45.4 Å². The third kappa shape index (κ3) is 6.15. The summed E-state index contributed by atoms with van der Waals surface area (Å²) in [5.74, 6) is 0.867. The number of aromatic nitrogens is 3. The second-order valence-corrected chi connectivity index (χ2v) is 9.32. The maximum Gasteiger partial charge on any atom is 1.00 e. The number of H-pyrrole nitrogens is 1. The van der Waals surface area contributed by atoms with E-state index >= 15 is 0 Å². The van der Waals surface area contributed by atoms with Crippen LogP contribution >= 0.6 is 0 Å². The molecule has 31 heavy (non-hydrogen) atoms. The minimum atomic E-state index is -1.32. The Hall–Kier alpha value is -1.29. The van der Waals surface area contributed by atoms with Gasteiger partial charge < -0.3 is 20.6 Å². The number of hydrogen-bond donors (Lipinski definition) is 1. The molecule has 4 rings (SSSR count). The van der Waals surface area contributed by atoms with Crippen molar-refractivity contribution >= 4 is 21.8 Å². The number of nitrogens with zero attached hydrogens (tertiary/aromatic N) is 2. The van der Waals surface area contributed by atoms with Crippen LogP contribution in [0.5, 0.6) is 5.75 Å². The molecule has 162 valence electrons. The fourth-order valence-corrected chi connectivity index (χ4v) is 4.42. The summed E-state index contributed by atoms with van der Waals surface area (Å²) >= 11 is 0. The van der Waals surface area contributed by atoms with Gasteiger partial charge in [0.1, 0.15) is 5.75 Å². The maximum absolute atomic E-state index is 12.8. The predicted octanol–water partition coefficient (Wildman–Crippen LogP) is 0.859. The molecule has 0 bridgehead atoms. The van der Waals surface area contributed by atoms with Crippen molar-refractivity contribution in [2.24, 2.45) is 5.92 Å². The number of pyridine rings is 1. The maximum atomic E-state index is 12.8. The fourth-order valence-electron chi connectivity index (χ4n) is 3.32. The van der Waals surface area contributed by atoms with Crippen molar-refractivity contribution in [1.82, 2.24) is 15.0 Å². The molecule has 0 spiro atoms. The number of benzene rings is 1. The second-order valence-electron chi connectivity index (χ2n) is 7.95. The first-order valence-electron chi connectivity index (χ1n) is 10.1. The summed E-state index contributed by atoms with van der Waals surface area (Å²) in [5, 5.41) is 0.462. The molecule has 3 heterocycles. The second kappa shape index (κ2) is 10.6. The van der Waals surface area contributed by atoms with Gasteiger partial charge in [0.05, 0.1) is 53.1 Å². The van der Waals surface area contributed by atoms with E-state index in [0.29, 0.717) is 30.9 Å². The molecular weight excluding hydrogens is 425 g/mol. The summed E-state index contributed by atoms with van der Waals surface area (Å²) in [5.41, 5.74) is 3.33. The minimum Gasteiger partial charge on any atom is -1.00 e. The van der Waals surface area contributed by atoms with E-state index in [0.717, 1.165) is 34.5 Å².